The van der Waals surface area contributed by atoms with Crippen molar-refractivity contribution in [2.24, 2.45) is 0 Å². The van der Waals surface area contributed by atoms with Crippen LogP contribution in [-0.4, -0.2) is 28.1 Å². The minimum absolute atomic E-state index is 0.662. The molecule has 0 amide bonds. The van der Waals surface area contributed by atoms with Gasteiger partial charge < -0.3 is 4.52 Å². The standard InChI is InChI=1S/C10H17N3O/c1-9-11-10(12-14-9)8-13-6-4-2-3-5-7-13/h2-8H2,1H3. The zero-order chi connectivity index (χ0) is 9.80. The van der Waals surface area contributed by atoms with Gasteiger partial charge in [-0.1, -0.05) is 18.0 Å². The third-order valence-corrected chi connectivity index (χ3v) is 2.63. The molecule has 0 atom stereocenters. The van der Waals surface area contributed by atoms with E-state index in [0.29, 0.717) is 5.89 Å². The molecule has 1 aromatic heterocycles. The quantitative estimate of drug-likeness (QED) is 0.721. The Morgan fingerprint density at radius 3 is 2.50 bits per heavy atom. The molecule has 1 aliphatic rings. The number of nitrogens with zero attached hydrogens (tertiary/aromatic N) is 3. The topological polar surface area (TPSA) is 42.2 Å². The monoisotopic (exact) mass is 195 g/mol. The van der Waals surface area contributed by atoms with Gasteiger partial charge in [0.1, 0.15) is 0 Å². The first kappa shape index (κ1) is 9.65. The summed E-state index contributed by atoms with van der Waals surface area (Å²) in [4.78, 5) is 6.63. The Kier molecular flexibility index (Phi) is 3.14. The van der Waals surface area contributed by atoms with Gasteiger partial charge in [0, 0.05) is 6.92 Å². The van der Waals surface area contributed by atoms with Crippen LogP contribution < -0.4 is 0 Å². The lowest BCUT2D eigenvalue weighted by Gasteiger charge is -2.16. The maximum absolute atomic E-state index is 4.95. The van der Waals surface area contributed by atoms with E-state index in [0.717, 1.165) is 12.4 Å². The van der Waals surface area contributed by atoms with Crippen LogP contribution in [0.5, 0.6) is 0 Å². The lowest BCUT2D eigenvalue weighted by molar-refractivity contribution is 0.264. The Hall–Kier alpha value is -0.900. The van der Waals surface area contributed by atoms with Gasteiger partial charge in [0.15, 0.2) is 5.82 Å². The van der Waals surface area contributed by atoms with Crippen LogP contribution in [0.1, 0.15) is 37.4 Å². The molecule has 1 fully saturated rings. The van der Waals surface area contributed by atoms with Crippen molar-refractivity contribution in [3.05, 3.63) is 11.7 Å². The van der Waals surface area contributed by atoms with Crippen molar-refractivity contribution in [2.75, 3.05) is 13.1 Å². The molecule has 4 nitrogen and oxygen atoms in total. The van der Waals surface area contributed by atoms with Gasteiger partial charge in [-0.15, -0.1) is 0 Å². The Morgan fingerprint density at radius 1 is 1.21 bits per heavy atom. The summed E-state index contributed by atoms with van der Waals surface area (Å²) < 4.78 is 4.95. The second-order valence-electron chi connectivity index (χ2n) is 3.92. The summed E-state index contributed by atoms with van der Waals surface area (Å²) in [6.07, 6.45) is 5.33. The van der Waals surface area contributed by atoms with Crippen LogP contribution in [-0.2, 0) is 6.54 Å². The normalized spacial score (nSPS) is 19.5. The second-order valence-corrected chi connectivity index (χ2v) is 3.92. The number of hydrogen-bond donors (Lipinski definition) is 0. The van der Waals surface area contributed by atoms with Crippen molar-refractivity contribution in [3.63, 3.8) is 0 Å². The molecule has 0 saturated carbocycles. The molecular formula is C10H17N3O. The number of rotatable bonds is 2. The van der Waals surface area contributed by atoms with Gasteiger partial charge in [0.25, 0.3) is 0 Å². The molecule has 0 aliphatic carbocycles. The summed E-state index contributed by atoms with van der Waals surface area (Å²) in [5, 5.41) is 3.91. The first-order valence-corrected chi connectivity index (χ1v) is 5.36. The first-order chi connectivity index (χ1) is 6.84. The third-order valence-electron chi connectivity index (χ3n) is 2.63. The van der Waals surface area contributed by atoms with Gasteiger partial charge in [-0.25, -0.2) is 0 Å². The highest BCUT2D eigenvalue weighted by molar-refractivity contribution is 4.84. The summed E-state index contributed by atoms with van der Waals surface area (Å²) in [6, 6.07) is 0. The van der Waals surface area contributed by atoms with Crippen LogP contribution in [0.3, 0.4) is 0 Å². The average molecular weight is 195 g/mol. The minimum atomic E-state index is 0.662. The van der Waals surface area contributed by atoms with E-state index in [1.54, 1.807) is 0 Å². The van der Waals surface area contributed by atoms with Gasteiger partial charge in [-0.2, -0.15) is 4.98 Å². The van der Waals surface area contributed by atoms with Crippen molar-refractivity contribution in [2.45, 2.75) is 39.2 Å². The summed E-state index contributed by atoms with van der Waals surface area (Å²) in [5.41, 5.74) is 0. The number of aromatic nitrogens is 2. The molecule has 0 spiro atoms. The Labute approximate surface area is 84.3 Å². The van der Waals surface area contributed by atoms with E-state index in [-0.39, 0.29) is 0 Å². The molecule has 0 unspecified atom stereocenters. The Morgan fingerprint density at radius 2 is 1.93 bits per heavy atom. The third kappa shape index (κ3) is 2.54. The fourth-order valence-corrected chi connectivity index (χ4v) is 1.90. The predicted molar refractivity (Wildman–Crippen MR) is 52.8 cm³/mol. The fourth-order valence-electron chi connectivity index (χ4n) is 1.90. The van der Waals surface area contributed by atoms with E-state index < -0.39 is 0 Å². The van der Waals surface area contributed by atoms with Crippen molar-refractivity contribution >= 4 is 0 Å². The van der Waals surface area contributed by atoms with Crippen molar-refractivity contribution in [3.8, 4) is 0 Å². The van der Waals surface area contributed by atoms with Gasteiger partial charge in [0.05, 0.1) is 6.54 Å². The second kappa shape index (κ2) is 4.55. The maximum Gasteiger partial charge on any atom is 0.223 e. The van der Waals surface area contributed by atoms with Gasteiger partial charge in [-0.05, 0) is 25.9 Å². The minimum Gasteiger partial charge on any atom is -0.340 e. The zero-order valence-corrected chi connectivity index (χ0v) is 8.70. The molecule has 4 heteroatoms. The van der Waals surface area contributed by atoms with Gasteiger partial charge in [0.2, 0.25) is 5.89 Å². The van der Waals surface area contributed by atoms with Crippen LogP contribution in [0.4, 0.5) is 0 Å². The largest absolute Gasteiger partial charge is 0.340 e. The van der Waals surface area contributed by atoms with Crippen LogP contribution in [0, 0.1) is 6.92 Å². The predicted octanol–water partition coefficient (Wildman–Crippen LogP) is 1.75. The molecule has 2 rings (SSSR count). The van der Waals surface area contributed by atoms with E-state index in [4.69, 9.17) is 4.52 Å². The van der Waals surface area contributed by atoms with E-state index in [1.807, 2.05) is 6.92 Å². The van der Waals surface area contributed by atoms with E-state index in [9.17, 15) is 0 Å². The van der Waals surface area contributed by atoms with E-state index >= 15 is 0 Å². The van der Waals surface area contributed by atoms with Crippen LogP contribution >= 0.6 is 0 Å². The molecule has 0 radical (unpaired) electrons. The Bertz CT molecular complexity index is 277. The van der Waals surface area contributed by atoms with Gasteiger partial charge >= 0.3 is 0 Å². The van der Waals surface area contributed by atoms with Crippen LogP contribution in [0.2, 0.25) is 0 Å². The van der Waals surface area contributed by atoms with E-state index in [1.165, 1.54) is 38.8 Å². The molecule has 2 heterocycles. The lowest BCUT2D eigenvalue weighted by atomic mass is 10.2. The molecule has 1 aliphatic heterocycles. The molecule has 1 aromatic rings. The SMILES string of the molecule is Cc1nc(CN2CCCCCC2)no1. The summed E-state index contributed by atoms with van der Waals surface area (Å²) >= 11 is 0. The van der Waals surface area contributed by atoms with Crippen molar-refractivity contribution in [1.82, 2.24) is 15.0 Å². The fraction of sp³-hybridized carbons (Fsp3) is 0.800. The first-order valence-electron chi connectivity index (χ1n) is 5.36. The van der Waals surface area contributed by atoms with Crippen molar-refractivity contribution < 1.29 is 4.52 Å². The highest BCUT2D eigenvalue weighted by Crippen LogP contribution is 2.11. The van der Waals surface area contributed by atoms with Crippen molar-refractivity contribution in [1.29, 1.82) is 0 Å². The molecule has 0 aromatic carbocycles. The van der Waals surface area contributed by atoms with E-state index in [2.05, 4.69) is 15.0 Å². The van der Waals surface area contributed by atoms with Crippen LogP contribution in [0.25, 0.3) is 0 Å². The smallest absolute Gasteiger partial charge is 0.223 e. The molecule has 1 saturated heterocycles. The summed E-state index contributed by atoms with van der Waals surface area (Å²) in [5.74, 6) is 1.49. The number of aryl methyl sites for hydroxylation is 1. The molecule has 78 valence electrons. The lowest BCUT2D eigenvalue weighted by Crippen LogP contribution is -2.24. The Balaban J connectivity index is 1.89. The van der Waals surface area contributed by atoms with Gasteiger partial charge in [-0.3, -0.25) is 4.90 Å². The number of hydrogen-bond acceptors (Lipinski definition) is 4. The highest BCUT2D eigenvalue weighted by atomic mass is 16.5. The molecule has 0 bridgehead atoms. The summed E-state index contributed by atoms with van der Waals surface area (Å²) in [7, 11) is 0. The zero-order valence-electron chi connectivity index (χ0n) is 8.70. The maximum atomic E-state index is 4.95. The van der Waals surface area contributed by atoms with Crippen LogP contribution in [0.15, 0.2) is 4.52 Å². The molecular weight excluding hydrogens is 178 g/mol. The molecule has 0 N–H and O–H groups in total. The highest BCUT2D eigenvalue weighted by Gasteiger charge is 2.12. The number of likely N-dealkylation sites (tertiary alicyclic amines) is 1. The summed E-state index contributed by atoms with van der Waals surface area (Å²) in [6.45, 7) is 5.03. The average Bonchev–Trinajstić information content (AvgIpc) is 2.43. The molecule has 14 heavy (non-hydrogen) atoms.